The molecule has 1 aliphatic rings. The lowest BCUT2D eigenvalue weighted by Gasteiger charge is -2.35. The highest BCUT2D eigenvalue weighted by Crippen LogP contribution is 2.56. The van der Waals surface area contributed by atoms with Crippen molar-refractivity contribution in [3.8, 4) is 11.1 Å². The number of amides is 1. The summed E-state index contributed by atoms with van der Waals surface area (Å²) in [6.45, 7) is 10.0. The summed E-state index contributed by atoms with van der Waals surface area (Å²) < 4.78 is 46.5. The van der Waals surface area contributed by atoms with Crippen LogP contribution in [0.4, 0.5) is 9.18 Å². The number of halogens is 2. The quantitative estimate of drug-likeness (QED) is 0.178. The zero-order valence-electron chi connectivity index (χ0n) is 24.1. The molecule has 7 nitrogen and oxygen atoms in total. The Bertz CT molecular complexity index is 1380. The Hall–Kier alpha value is -2.30. The van der Waals surface area contributed by atoms with Gasteiger partial charge in [0, 0.05) is 16.0 Å². The first-order valence-corrected chi connectivity index (χ1v) is 15.9. The summed E-state index contributed by atoms with van der Waals surface area (Å²) in [6, 6.07) is 19.2. The molecule has 0 aliphatic heterocycles. The average Bonchev–Trinajstić information content (AvgIpc) is 3.14. The summed E-state index contributed by atoms with van der Waals surface area (Å²) in [6.07, 6.45) is -1.22. The number of carboxylic acid groups (broad SMARTS) is 1. The van der Waals surface area contributed by atoms with Crippen molar-refractivity contribution < 1.29 is 32.4 Å². The molecule has 41 heavy (non-hydrogen) atoms. The summed E-state index contributed by atoms with van der Waals surface area (Å²) in [5, 5.41) is 10.5. The zero-order valence-corrected chi connectivity index (χ0v) is 27.1. The third-order valence-corrected chi connectivity index (χ3v) is 9.03. The minimum atomic E-state index is -4.19. The largest absolute Gasteiger partial charge is 0.475 e. The van der Waals surface area contributed by atoms with Crippen LogP contribution in [0.25, 0.3) is 11.1 Å². The van der Waals surface area contributed by atoms with Crippen LogP contribution in [0.5, 0.6) is 0 Å². The zero-order chi connectivity index (χ0) is 30.2. The molecule has 10 heteroatoms. The van der Waals surface area contributed by atoms with E-state index in [1.807, 2.05) is 71.1 Å². The van der Waals surface area contributed by atoms with Crippen LogP contribution in [0.1, 0.15) is 70.2 Å². The standard InChI is InChI=1S/C31H36FINO6P/c1-30(2,3)39-41(37,40-31(4,5)6)38-19-28(20-15-21(32)17-22(33)16-20)34(29(35)36)18-27-25-13-9-7-11-23(25)24-12-8-10-14-26(24)27/h7-17,27-28H,18-19H2,1-6H3,(H,35,36). The topological polar surface area (TPSA) is 85.3 Å². The Kier molecular flexibility index (Phi) is 9.36. The summed E-state index contributed by atoms with van der Waals surface area (Å²) >= 11 is 1.99. The Morgan fingerprint density at radius 1 is 0.951 bits per heavy atom. The van der Waals surface area contributed by atoms with Crippen LogP contribution in [0.15, 0.2) is 66.7 Å². The molecule has 0 saturated heterocycles. The van der Waals surface area contributed by atoms with Crippen LogP contribution < -0.4 is 0 Å². The van der Waals surface area contributed by atoms with E-state index in [2.05, 4.69) is 0 Å². The van der Waals surface area contributed by atoms with E-state index in [1.54, 1.807) is 47.6 Å². The molecule has 220 valence electrons. The summed E-state index contributed by atoms with van der Waals surface area (Å²) in [4.78, 5) is 14.2. The van der Waals surface area contributed by atoms with Crippen LogP contribution in [-0.4, -0.2) is 40.5 Å². The minimum absolute atomic E-state index is 0.0645. The molecule has 0 aromatic heterocycles. The third kappa shape index (κ3) is 7.96. The van der Waals surface area contributed by atoms with Gasteiger partial charge in [-0.3, -0.25) is 18.5 Å². The second-order valence-electron chi connectivity index (χ2n) is 12.0. The van der Waals surface area contributed by atoms with Gasteiger partial charge in [0.25, 0.3) is 0 Å². The van der Waals surface area contributed by atoms with Crippen molar-refractivity contribution >= 4 is 36.5 Å². The van der Waals surface area contributed by atoms with E-state index in [0.29, 0.717) is 9.13 Å². The molecule has 0 heterocycles. The average molecular weight is 696 g/mol. The van der Waals surface area contributed by atoms with Gasteiger partial charge in [-0.25, -0.2) is 13.8 Å². The Balaban J connectivity index is 1.75. The fourth-order valence-electron chi connectivity index (χ4n) is 5.03. The molecule has 0 bridgehead atoms. The molecule has 1 aliphatic carbocycles. The molecular formula is C31H36FINO6P. The second-order valence-corrected chi connectivity index (χ2v) is 14.8. The van der Waals surface area contributed by atoms with Gasteiger partial charge in [0.05, 0.1) is 23.9 Å². The van der Waals surface area contributed by atoms with Gasteiger partial charge in [-0.1, -0.05) is 48.5 Å². The van der Waals surface area contributed by atoms with Gasteiger partial charge in [-0.15, -0.1) is 0 Å². The Morgan fingerprint density at radius 3 is 1.93 bits per heavy atom. The Labute approximate surface area is 254 Å². The van der Waals surface area contributed by atoms with Gasteiger partial charge >= 0.3 is 13.9 Å². The normalized spacial score (nSPS) is 14.4. The molecule has 1 amide bonds. The number of nitrogens with zero attached hydrogens (tertiary/aromatic N) is 1. The third-order valence-electron chi connectivity index (χ3n) is 6.40. The minimum Gasteiger partial charge on any atom is -0.465 e. The molecular weight excluding hydrogens is 659 g/mol. The van der Waals surface area contributed by atoms with Gasteiger partial charge in [-0.05, 0) is 110 Å². The fourth-order valence-corrected chi connectivity index (χ4v) is 7.49. The first-order chi connectivity index (χ1) is 19.1. The molecule has 4 rings (SSSR count). The van der Waals surface area contributed by atoms with Crippen LogP contribution >= 0.6 is 30.4 Å². The van der Waals surface area contributed by atoms with Crippen molar-refractivity contribution in [3.05, 3.63) is 92.8 Å². The molecule has 1 atom stereocenters. The van der Waals surface area contributed by atoms with Crippen molar-refractivity contribution in [2.75, 3.05) is 13.2 Å². The summed E-state index contributed by atoms with van der Waals surface area (Å²) in [7, 11) is -4.19. The first-order valence-electron chi connectivity index (χ1n) is 13.4. The fraction of sp³-hybridized carbons (Fsp3) is 0.387. The molecule has 0 radical (unpaired) electrons. The maximum atomic E-state index is 14.7. The van der Waals surface area contributed by atoms with E-state index in [9.17, 15) is 18.9 Å². The molecule has 1 N–H and O–H groups in total. The van der Waals surface area contributed by atoms with E-state index in [1.165, 1.54) is 17.0 Å². The van der Waals surface area contributed by atoms with Gasteiger partial charge in [0.15, 0.2) is 0 Å². The van der Waals surface area contributed by atoms with Crippen LogP contribution in [0.2, 0.25) is 0 Å². The molecule has 3 aromatic carbocycles. The van der Waals surface area contributed by atoms with Crippen LogP contribution in [0.3, 0.4) is 0 Å². The van der Waals surface area contributed by atoms with Crippen molar-refractivity contribution in [1.29, 1.82) is 0 Å². The van der Waals surface area contributed by atoms with E-state index >= 15 is 0 Å². The highest BCUT2D eigenvalue weighted by atomic mass is 127. The van der Waals surface area contributed by atoms with Crippen molar-refractivity contribution in [3.63, 3.8) is 0 Å². The summed E-state index contributed by atoms with van der Waals surface area (Å²) in [5.74, 6) is -0.782. The maximum absolute atomic E-state index is 14.7. The molecule has 3 aromatic rings. The van der Waals surface area contributed by atoms with E-state index < -0.39 is 37.0 Å². The first kappa shape index (κ1) is 31.6. The molecule has 0 spiro atoms. The van der Waals surface area contributed by atoms with E-state index in [0.717, 1.165) is 22.3 Å². The van der Waals surface area contributed by atoms with Crippen LogP contribution in [0, 0.1) is 9.39 Å². The highest BCUT2D eigenvalue weighted by molar-refractivity contribution is 14.1. The lowest BCUT2D eigenvalue weighted by Crippen LogP contribution is -2.39. The predicted molar refractivity (Wildman–Crippen MR) is 166 cm³/mol. The monoisotopic (exact) mass is 695 g/mol. The number of hydrogen-bond donors (Lipinski definition) is 1. The van der Waals surface area contributed by atoms with E-state index in [-0.39, 0.29) is 19.1 Å². The molecule has 0 saturated carbocycles. The number of rotatable bonds is 9. The predicted octanol–water partition coefficient (Wildman–Crippen LogP) is 9.02. The van der Waals surface area contributed by atoms with Crippen molar-refractivity contribution in [2.45, 2.75) is 64.7 Å². The second kappa shape index (κ2) is 12.1. The van der Waals surface area contributed by atoms with Gasteiger partial charge < -0.3 is 5.11 Å². The lowest BCUT2D eigenvalue weighted by molar-refractivity contribution is -0.00520. The highest BCUT2D eigenvalue weighted by Gasteiger charge is 2.40. The SMILES string of the molecule is CC(C)(C)OP(=O)(OCC(c1cc(F)cc(I)c1)N(CC1c2ccccc2-c2ccccc21)C(=O)O)OC(C)(C)C. The maximum Gasteiger partial charge on any atom is 0.475 e. The molecule has 0 fully saturated rings. The lowest BCUT2D eigenvalue weighted by atomic mass is 9.95. The number of phosphoric acid groups is 1. The van der Waals surface area contributed by atoms with Crippen molar-refractivity contribution in [1.82, 2.24) is 4.90 Å². The Morgan fingerprint density at radius 2 is 1.46 bits per heavy atom. The van der Waals surface area contributed by atoms with Gasteiger partial charge in [-0.2, -0.15) is 0 Å². The number of phosphoric ester groups is 1. The van der Waals surface area contributed by atoms with E-state index in [4.69, 9.17) is 13.6 Å². The molecule has 1 unspecified atom stereocenters. The van der Waals surface area contributed by atoms with Gasteiger partial charge in [0.2, 0.25) is 0 Å². The summed E-state index contributed by atoms with van der Waals surface area (Å²) in [5.41, 5.74) is 2.72. The number of carbonyl (C=O) groups is 1. The number of hydrogen-bond acceptors (Lipinski definition) is 5. The van der Waals surface area contributed by atoms with Crippen LogP contribution in [-0.2, 0) is 18.1 Å². The number of benzene rings is 3. The smallest absolute Gasteiger partial charge is 0.465 e. The number of fused-ring (bicyclic) bond motifs is 3. The van der Waals surface area contributed by atoms with Gasteiger partial charge in [0.1, 0.15) is 5.82 Å². The van der Waals surface area contributed by atoms with Crippen molar-refractivity contribution in [2.24, 2.45) is 0 Å².